The average molecular weight is 494 g/mol. The second-order valence-electron chi connectivity index (χ2n) is 7.75. The fourth-order valence-corrected chi connectivity index (χ4v) is 4.38. The summed E-state index contributed by atoms with van der Waals surface area (Å²) >= 11 is 12.1. The molecular formula is C24H17Cl2N5O3. The Bertz CT molecular complexity index is 1510. The first kappa shape index (κ1) is 21.9. The number of amides is 2. The molecule has 4 N–H and O–H groups in total. The lowest BCUT2D eigenvalue weighted by Crippen LogP contribution is -2.36. The summed E-state index contributed by atoms with van der Waals surface area (Å²) in [6.07, 6.45) is -0.176. The first-order chi connectivity index (χ1) is 16.4. The molecule has 1 aliphatic heterocycles. The molecule has 10 heteroatoms. The van der Waals surface area contributed by atoms with E-state index in [1.54, 1.807) is 18.2 Å². The maximum atomic E-state index is 13.2. The van der Waals surface area contributed by atoms with Gasteiger partial charge < -0.3 is 16.0 Å². The van der Waals surface area contributed by atoms with Gasteiger partial charge in [-0.2, -0.15) is 4.98 Å². The van der Waals surface area contributed by atoms with Gasteiger partial charge in [-0.25, -0.2) is 0 Å². The van der Waals surface area contributed by atoms with E-state index in [1.807, 2.05) is 36.4 Å². The van der Waals surface area contributed by atoms with E-state index < -0.39 is 23.3 Å². The number of rotatable bonds is 4. The molecular weight excluding hydrogens is 477 g/mol. The lowest BCUT2D eigenvalue weighted by Gasteiger charge is -2.24. The van der Waals surface area contributed by atoms with Gasteiger partial charge >= 0.3 is 0 Å². The van der Waals surface area contributed by atoms with Crippen LogP contribution in [0, 0.1) is 0 Å². The number of H-pyrrole nitrogens is 1. The Morgan fingerprint density at radius 2 is 1.79 bits per heavy atom. The standard InChI is InChI=1S/C24H17Cl2N5O3/c25-13-8-9-18(16(26)10-13)28-24-30-21-20(23(34)31-24)15(11-19(32)29-21)22(33)27-17-7-3-5-12-4-1-2-6-14(12)17/h1-10,15H,11H2,(H,27,33)(H3,28,29,30,31,32,34)/t15-/m1/s1. The fourth-order valence-electron chi connectivity index (χ4n) is 3.93. The third-order valence-electron chi connectivity index (χ3n) is 5.50. The predicted octanol–water partition coefficient (Wildman–Crippen LogP) is 5.04. The molecule has 2 amide bonds. The van der Waals surface area contributed by atoms with Crippen LogP contribution >= 0.6 is 23.2 Å². The van der Waals surface area contributed by atoms with Crippen molar-refractivity contribution >= 4 is 68.9 Å². The van der Waals surface area contributed by atoms with E-state index in [0.29, 0.717) is 21.4 Å². The van der Waals surface area contributed by atoms with Crippen LogP contribution in [0.2, 0.25) is 10.0 Å². The predicted molar refractivity (Wildman–Crippen MR) is 133 cm³/mol. The Hall–Kier alpha value is -3.88. The molecule has 0 bridgehead atoms. The van der Waals surface area contributed by atoms with Crippen LogP contribution in [-0.4, -0.2) is 21.8 Å². The Labute approximate surface area is 203 Å². The Morgan fingerprint density at radius 3 is 2.62 bits per heavy atom. The molecule has 0 saturated heterocycles. The summed E-state index contributed by atoms with van der Waals surface area (Å²) in [6, 6.07) is 17.9. The van der Waals surface area contributed by atoms with Crippen molar-refractivity contribution in [3.05, 3.63) is 86.6 Å². The van der Waals surface area contributed by atoms with Gasteiger partial charge in [0, 0.05) is 22.5 Å². The highest BCUT2D eigenvalue weighted by Crippen LogP contribution is 2.32. The van der Waals surface area contributed by atoms with Crippen LogP contribution in [-0.2, 0) is 9.59 Å². The largest absolute Gasteiger partial charge is 0.325 e. The molecule has 34 heavy (non-hydrogen) atoms. The van der Waals surface area contributed by atoms with Gasteiger partial charge in [-0.15, -0.1) is 0 Å². The van der Waals surface area contributed by atoms with Crippen molar-refractivity contribution in [1.82, 2.24) is 9.97 Å². The van der Waals surface area contributed by atoms with Gasteiger partial charge in [0.2, 0.25) is 17.8 Å². The highest BCUT2D eigenvalue weighted by Gasteiger charge is 2.35. The smallest absolute Gasteiger partial charge is 0.258 e. The van der Waals surface area contributed by atoms with Crippen LogP contribution in [0.1, 0.15) is 17.9 Å². The van der Waals surface area contributed by atoms with Crippen molar-refractivity contribution < 1.29 is 9.59 Å². The monoisotopic (exact) mass is 493 g/mol. The lowest BCUT2D eigenvalue weighted by molar-refractivity contribution is -0.123. The molecule has 0 unspecified atom stereocenters. The molecule has 0 radical (unpaired) electrons. The van der Waals surface area contributed by atoms with E-state index >= 15 is 0 Å². The second kappa shape index (κ2) is 8.81. The third-order valence-corrected chi connectivity index (χ3v) is 6.05. The van der Waals surface area contributed by atoms with Gasteiger partial charge in [0.1, 0.15) is 5.82 Å². The minimum atomic E-state index is -1.01. The minimum Gasteiger partial charge on any atom is -0.325 e. The quantitative estimate of drug-likeness (QED) is 0.317. The highest BCUT2D eigenvalue weighted by molar-refractivity contribution is 6.36. The Kier molecular flexibility index (Phi) is 5.69. The number of hydrogen-bond acceptors (Lipinski definition) is 5. The first-order valence-electron chi connectivity index (χ1n) is 10.3. The van der Waals surface area contributed by atoms with Gasteiger partial charge in [-0.3, -0.25) is 19.4 Å². The zero-order valence-corrected chi connectivity index (χ0v) is 19.0. The van der Waals surface area contributed by atoms with Crippen molar-refractivity contribution in [2.75, 3.05) is 16.0 Å². The first-order valence-corrected chi connectivity index (χ1v) is 11.1. The molecule has 170 valence electrons. The number of halogens is 2. The molecule has 0 spiro atoms. The van der Waals surface area contributed by atoms with Crippen molar-refractivity contribution in [1.29, 1.82) is 0 Å². The number of benzene rings is 3. The molecule has 0 aliphatic carbocycles. The highest BCUT2D eigenvalue weighted by atomic mass is 35.5. The van der Waals surface area contributed by atoms with Crippen LogP contribution in [0.3, 0.4) is 0 Å². The van der Waals surface area contributed by atoms with E-state index in [0.717, 1.165) is 10.8 Å². The SMILES string of the molecule is O=C1C[C@@H](C(=O)Nc2cccc3ccccc23)c2c(nc(Nc3ccc(Cl)cc3Cl)[nH]c2=O)N1. The average Bonchev–Trinajstić information content (AvgIpc) is 2.80. The number of carbonyl (C=O) groups is 2. The number of aromatic nitrogens is 2. The van der Waals surface area contributed by atoms with E-state index in [4.69, 9.17) is 23.2 Å². The molecule has 1 aliphatic rings. The lowest BCUT2D eigenvalue weighted by atomic mass is 9.92. The third kappa shape index (κ3) is 4.21. The molecule has 0 saturated carbocycles. The molecule has 5 rings (SSSR count). The normalized spacial score (nSPS) is 14.9. The van der Waals surface area contributed by atoms with E-state index in [1.165, 1.54) is 6.07 Å². The van der Waals surface area contributed by atoms with Crippen LogP contribution in [0.25, 0.3) is 10.8 Å². The van der Waals surface area contributed by atoms with Crippen LogP contribution in [0.15, 0.2) is 65.5 Å². The minimum absolute atomic E-state index is 0.0191. The van der Waals surface area contributed by atoms with Crippen molar-refractivity contribution in [3.63, 3.8) is 0 Å². The zero-order chi connectivity index (χ0) is 23.8. The van der Waals surface area contributed by atoms with E-state index in [2.05, 4.69) is 25.9 Å². The number of fused-ring (bicyclic) bond motifs is 2. The summed E-state index contributed by atoms with van der Waals surface area (Å²) in [5.74, 6) is -1.82. The van der Waals surface area contributed by atoms with Crippen LogP contribution in [0.5, 0.6) is 0 Å². The zero-order valence-electron chi connectivity index (χ0n) is 17.5. The molecule has 2 heterocycles. The number of nitrogens with one attached hydrogen (secondary N) is 4. The fraction of sp³-hybridized carbons (Fsp3) is 0.0833. The Morgan fingerprint density at radius 1 is 1.00 bits per heavy atom. The number of nitrogens with zero attached hydrogens (tertiary/aromatic N) is 1. The summed E-state index contributed by atoms with van der Waals surface area (Å²) in [6.45, 7) is 0. The molecule has 3 aromatic carbocycles. The molecule has 4 aromatic rings. The topological polar surface area (TPSA) is 116 Å². The maximum Gasteiger partial charge on any atom is 0.258 e. The molecule has 1 aromatic heterocycles. The van der Waals surface area contributed by atoms with Crippen molar-refractivity contribution in [2.45, 2.75) is 12.3 Å². The van der Waals surface area contributed by atoms with Gasteiger partial charge in [-0.1, -0.05) is 59.6 Å². The van der Waals surface area contributed by atoms with Crippen molar-refractivity contribution in [2.24, 2.45) is 0 Å². The summed E-state index contributed by atoms with van der Waals surface area (Å²) in [5.41, 5.74) is 0.595. The summed E-state index contributed by atoms with van der Waals surface area (Å²) < 4.78 is 0. The van der Waals surface area contributed by atoms with Gasteiger partial charge in [0.15, 0.2) is 0 Å². The van der Waals surface area contributed by atoms with Gasteiger partial charge in [0.05, 0.1) is 22.2 Å². The number of anilines is 4. The van der Waals surface area contributed by atoms with Gasteiger partial charge in [-0.05, 0) is 29.7 Å². The number of carbonyl (C=O) groups excluding carboxylic acids is 2. The summed E-state index contributed by atoms with van der Waals surface area (Å²) in [5, 5.41) is 10.9. The Balaban J connectivity index is 1.47. The van der Waals surface area contributed by atoms with Gasteiger partial charge in [0.25, 0.3) is 5.56 Å². The summed E-state index contributed by atoms with van der Waals surface area (Å²) in [4.78, 5) is 45.5. The van der Waals surface area contributed by atoms with Crippen molar-refractivity contribution in [3.8, 4) is 0 Å². The van der Waals surface area contributed by atoms with Crippen LogP contribution in [0.4, 0.5) is 23.1 Å². The molecule has 8 nitrogen and oxygen atoms in total. The van der Waals surface area contributed by atoms with E-state index in [-0.39, 0.29) is 23.8 Å². The summed E-state index contributed by atoms with van der Waals surface area (Å²) in [7, 11) is 0. The van der Waals surface area contributed by atoms with Crippen LogP contribution < -0.4 is 21.5 Å². The number of aromatic amines is 1. The maximum absolute atomic E-state index is 13.2. The molecule has 1 atom stereocenters. The molecule has 0 fully saturated rings. The van der Waals surface area contributed by atoms with E-state index in [9.17, 15) is 14.4 Å². The number of hydrogen-bond donors (Lipinski definition) is 4. The second-order valence-corrected chi connectivity index (χ2v) is 8.59.